The lowest BCUT2D eigenvalue weighted by molar-refractivity contribution is 0.841. The lowest BCUT2D eigenvalue weighted by Gasteiger charge is -1.99. The van der Waals surface area contributed by atoms with E-state index in [1.54, 1.807) is 4.52 Å². The maximum atomic E-state index is 4.39. The summed E-state index contributed by atoms with van der Waals surface area (Å²) >= 11 is 0. The maximum absolute atomic E-state index is 4.39. The van der Waals surface area contributed by atoms with Gasteiger partial charge in [0.1, 0.15) is 0 Å². The third kappa shape index (κ3) is 0.891. The summed E-state index contributed by atoms with van der Waals surface area (Å²) in [6, 6.07) is 7.70. The lowest BCUT2D eigenvalue weighted by Crippen LogP contribution is -1.93. The van der Waals surface area contributed by atoms with E-state index in [1.165, 1.54) is 0 Å². The molecular formula is C9H7N5. The minimum atomic E-state index is 0.739. The van der Waals surface area contributed by atoms with Crippen molar-refractivity contribution in [1.29, 1.82) is 0 Å². The van der Waals surface area contributed by atoms with Crippen LogP contribution in [-0.4, -0.2) is 25.0 Å². The third-order valence-corrected chi connectivity index (χ3v) is 2.15. The molecule has 0 aromatic carbocycles. The first-order valence-electron chi connectivity index (χ1n) is 4.29. The fourth-order valence-corrected chi connectivity index (χ4v) is 1.49. The number of nitrogens with zero attached hydrogens (tertiary/aromatic N) is 5. The van der Waals surface area contributed by atoms with Crippen LogP contribution < -0.4 is 0 Å². The summed E-state index contributed by atoms with van der Waals surface area (Å²) < 4.78 is 1.68. The van der Waals surface area contributed by atoms with Crippen molar-refractivity contribution in [3.63, 3.8) is 0 Å². The van der Waals surface area contributed by atoms with E-state index in [0.29, 0.717) is 0 Å². The Balaban J connectivity index is 2.57. The van der Waals surface area contributed by atoms with Gasteiger partial charge in [0, 0.05) is 5.69 Å². The van der Waals surface area contributed by atoms with E-state index in [4.69, 9.17) is 0 Å². The van der Waals surface area contributed by atoms with E-state index in [2.05, 4.69) is 20.5 Å². The highest BCUT2D eigenvalue weighted by molar-refractivity contribution is 5.77. The second-order valence-corrected chi connectivity index (χ2v) is 3.14. The highest BCUT2D eigenvalue weighted by Crippen LogP contribution is 2.12. The zero-order chi connectivity index (χ0) is 9.54. The van der Waals surface area contributed by atoms with Crippen LogP contribution in [0.5, 0.6) is 0 Å². The van der Waals surface area contributed by atoms with Gasteiger partial charge in [0.2, 0.25) is 0 Å². The molecular weight excluding hydrogens is 178 g/mol. The number of tetrazole rings is 1. The predicted molar refractivity (Wildman–Crippen MR) is 50.8 cm³/mol. The van der Waals surface area contributed by atoms with Crippen LogP contribution in [-0.2, 0) is 0 Å². The number of fused-ring (bicyclic) bond motifs is 3. The molecule has 0 saturated carbocycles. The molecule has 0 saturated heterocycles. The number of aromatic nitrogens is 5. The molecule has 0 spiro atoms. The number of rotatable bonds is 0. The number of hydrogen-bond donors (Lipinski definition) is 0. The monoisotopic (exact) mass is 185 g/mol. The Morgan fingerprint density at radius 2 is 2.07 bits per heavy atom. The molecule has 3 heterocycles. The van der Waals surface area contributed by atoms with Gasteiger partial charge in [-0.15, -0.1) is 5.10 Å². The summed E-state index contributed by atoms with van der Waals surface area (Å²) in [6.07, 6.45) is 0. The third-order valence-electron chi connectivity index (χ3n) is 2.15. The molecule has 5 heteroatoms. The van der Waals surface area contributed by atoms with Crippen LogP contribution in [0.3, 0.4) is 0 Å². The van der Waals surface area contributed by atoms with Crippen molar-refractivity contribution in [1.82, 2.24) is 25.0 Å². The van der Waals surface area contributed by atoms with Crippen LogP contribution in [0.25, 0.3) is 16.7 Å². The minimum Gasteiger partial charge on any atom is -0.251 e. The first-order chi connectivity index (χ1) is 6.84. The zero-order valence-corrected chi connectivity index (χ0v) is 7.55. The van der Waals surface area contributed by atoms with E-state index in [-0.39, 0.29) is 0 Å². The van der Waals surface area contributed by atoms with E-state index >= 15 is 0 Å². The van der Waals surface area contributed by atoms with Crippen molar-refractivity contribution in [2.24, 2.45) is 0 Å². The largest absolute Gasteiger partial charge is 0.251 e. The van der Waals surface area contributed by atoms with E-state index < -0.39 is 0 Å². The molecule has 68 valence electrons. The Morgan fingerprint density at radius 1 is 1.14 bits per heavy atom. The summed E-state index contributed by atoms with van der Waals surface area (Å²) in [4.78, 5) is 4.39. The van der Waals surface area contributed by atoms with Crippen LogP contribution in [0.4, 0.5) is 0 Å². The standard InChI is InChI=1S/C9H7N5/c1-6-2-4-8-7(10-6)3-5-9-11-12-13-14(8)9/h2-5H,1H3. The van der Waals surface area contributed by atoms with Crippen molar-refractivity contribution in [3.05, 3.63) is 30.0 Å². The summed E-state index contributed by atoms with van der Waals surface area (Å²) in [5.41, 5.74) is 3.57. The van der Waals surface area contributed by atoms with Crippen molar-refractivity contribution < 1.29 is 0 Å². The number of aryl methyl sites for hydroxylation is 1. The second-order valence-electron chi connectivity index (χ2n) is 3.14. The van der Waals surface area contributed by atoms with Crippen molar-refractivity contribution in [2.45, 2.75) is 6.92 Å². The van der Waals surface area contributed by atoms with Crippen LogP contribution in [0, 0.1) is 6.92 Å². The van der Waals surface area contributed by atoms with Gasteiger partial charge >= 0.3 is 0 Å². The smallest absolute Gasteiger partial charge is 0.180 e. The minimum absolute atomic E-state index is 0.739. The summed E-state index contributed by atoms with van der Waals surface area (Å²) in [7, 11) is 0. The van der Waals surface area contributed by atoms with Gasteiger partial charge in [-0.25, -0.2) is 0 Å². The molecule has 0 aliphatic carbocycles. The summed E-state index contributed by atoms with van der Waals surface area (Å²) in [6.45, 7) is 1.96. The Bertz CT molecular complexity index is 613. The normalized spacial score (nSPS) is 11.2. The average molecular weight is 185 g/mol. The maximum Gasteiger partial charge on any atom is 0.180 e. The molecule has 3 rings (SSSR count). The molecule has 14 heavy (non-hydrogen) atoms. The number of pyridine rings is 2. The molecule has 0 aliphatic heterocycles. The Kier molecular flexibility index (Phi) is 1.30. The molecule has 0 amide bonds. The van der Waals surface area contributed by atoms with Gasteiger partial charge in [-0.2, -0.15) is 4.52 Å². The van der Waals surface area contributed by atoms with E-state index in [1.807, 2.05) is 31.2 Å². The highest BCUT2D eigenvalue weighted by Gasteiger charge is 2.02. The second kappa shape index (κ2) is 2.47. The van der Waals surface area contributed by atoms with Crippen LogP contribution in [0.1, 0.15) is 5.69 Å². The van der Waals surface area contributed by atoms with Crippen LogP contribution in [0.2, 0.25) is 0 Å². The number of hydrogen-bond acceptors (Lipinski definition) is 4. The van der Waals surface area contributed by atoms with Gasteiger partial charge in [-0.3, -0.25) is 4.98 Å². The molecule has 0 aliphatic rings. The topological polar surface area (TPSA) is 56.0 Å². The molecule has 3 aromatic rings. The van der Waals surface area contributed by atoms with Gasteiger partial charge in [0.05, 0.1) is 11.0 Å². The Morgan fingerprint density at radius 3 is 3.00 bits per heavy atom. The lowest BCUT2D eigenvalue weighted by atomic mass is 10.3. The molecule has 0 fully saturated rings. The van der Waals surface area contributed by atoms with E-state index in [9.17, 15) is 0 Å². The first-order valence-corrected chi connectivity index (χ1v) is 4.29. The van der Waals surface area contributed by atoms with Gasteiger partial charge in [-0.05, 0) is 41.6 Å². The van der Waals surface area contributed by atoms with Gasteiger partial charge < -0.3 is 0 Å². The molecule has 5 nitrogen and oxygen atoms in total. The fraction of sp³-hybridized carbons (Fsp3) is 0.111. The predicted octanol–water partition coefficient (Wildman–Crippen LogP) is 0.981. The molecule has 0 N–H and O–H groups in total. The fourth-order valence-electron chi connectivity index (χ4n) is 1.49. The molecule has 0 atom stereocenters. The molecule has 0 unspecified atom stereocenters. The van der Waals surface area contributed by atoms with Crippen molar-refractivity contribution in [2.75, 3.05) is 0 Å². The van der Waals surface area contributed by atoms with Gasteiger partial charge in [-0.1, -0.05) is 0 Å². The average Bonchev–Trinajstić information content (AvgIpc) is 2.65. The van der Waals surface area contributed by atoms with Gasteiger partial charge in [0.15, 0.2) is 5.65 Å². The molecule has 3 aromatic heterocycles. The quantitative estimate of drug-likeness (QED) is 0.524. The first kappa shape index (κ1) is 7.37. The SMILES string of the molecule is Cc1ccc2c(ccc3nnnn32)n1. The summed E-state index contributed by atoms with van der Waals surface area (Å²) in [5.74, 6) is 0. The van der Waals surface area contributed by atoms with Crippen molar-refractivity contribution in [3.8, 4) is 0 Å². The molecule has 0 radical (unpaired) electrons. The van der Waals surface area contributed by atoms with E-state index in [0.717, 1.165) is 22.4 Å². The zero-order valence-electron chi connectivity index (χ0n) is 7.55. The Hall–Kier alpha value is -2.04. The summed E-state index contributed by atoms with van der Waals surface area (Å²) in [5, 5.41) is 11.4. The highest BCUT2D eigenvalue weighted by atomic mass is 15.5. The van der Waals surface area contributed by atoms with Crippen molar-refractivity contribution >= 4 is 16.7 Å². The van der Waals surface area contributed by atoms with Gasteiger partial charge in [0.25, 0.3) is 0 Å². The Labute approximate surface area is 79.4 Å². The molecule has 0 bridgehead atoms. The van der Waals surface area contributed by atoms with Crippen LogP contribution >= 0.6 is 0 Å². The van der Waals surface area contributed by atoms with Crippen LogP contribution in [0.15, 0.2) is 24.3 Å².